The van der Waals surface area contributed by atoms with Gasteiger partial charge >= 0.3 is 0 Å². The molecule has 4 aromatic heterocycles. The summed E-state index contributed by atoms with van der Waals surface area (Å²) in [6, 6.07) is 10.9. The second kappa shape index (κ2) is 5.17. The van der Waals surface area contributed by atoms with E-state index < -0.39 is 0 Å². The molecule has 0 spiro atoms. The van der Waals surface area contributed by atoms with Gasteiger partial charge in [0.15, 0.2) is 5.58 Å². The molecule has 4 heterocycles. The average Bonchev–Trinajstić information content (AvgIpc) is 3.04. The van der Waals surface area contributed by atoms with E-state index in [1.54, 1.807) is 48.4 Å². The highest BCUT2D eigenvalue weighted by atomic mass is 16.5. The van der Waals surface area contributed by atoms with Crippen molar-refractivity contribution in [2.45, 2.75) is 0 Å². The Morgan fingerprint density at radius 1 is 1.09 bits per heavy atom. The predicted molar refractivity (Wildman–Crippen MR) is 85.7 cm³/mol. The third-order valence-corrected chi connectivity index (χ3v) is 3.75. The molecule has 4 rings (SSSR count). The number of hydrogen-bond acceptors (Lipinski definition) is 5. The number of pyridine rings is 3. The van der Waals surface area contributed by atoms with Gasteiger partial charge in [-0.05, 0) is 24.3 Å². The number of hydrogen-bond donors (Lipinski definition) is 0. The summed E-state index contributed by atoms with van der Waals surface area (Å²) in [6.45, 7) is 0. The SMILES string of the molecule is Cn1c(-c2ccccn2)cc2onc(-c3ccncc3)c2c1=O. The summed E-state index contributed by atoms with van der Waals surface area (Å²) in [4.78, 5) is 21.1. The maximum Gasteiger partial charge on any atom is 0.264 e. The molecular weight excluding hydrogens is 292 g/mol. The molecule has 0 aliphatic rings. The number of fused-ring (bicyclic) bond motifs is 1. The van der Waals surface area contributed by atoms with Gasteiger partial charge < -0.3 is 9.09 Å². The van der Waals surface area contributed by atoms with Crippen LogP contribution in [0.25, 0.3) is 33.6 Å². The van der Waals surface area contributed by atoms with Gasteiger partial charge in [-0.25, -0.2) is 0 Å². The largest absolute Gasteiger partial charge is 0.355 e. The van der Waals surface area contributed by atoms with Crippen molar-refractivity contribution in [3.8, 4) is 22.6 Å². The lowest BCUT2D eigenvalue weighted by Gasteiger charge is -2.07. The minimum Gasteiger partial charge on any atom is -0.355 e. The van der Waals surface area contributed by atoms with Crippen molar-refractivity contribution in [1.82, 2.24) is 19.7 Å². The van der Waals surface area contributed by atoms with Crippen LogP contribution in [0.3, 0.4) is 0 Å². The van der Waals surface area contributed by atoms with Crippen LogP contribution in [0, 0.1) is 0 Å². The van der Waals surface area contributed by atoms with Crippen molar-refractivity contribution >= 4 is 11.0 Å². The Bertz CT molecular complexity index is 1040. The predicted octanol–water partition coefficient (Wildman–Crippen LogP) is 2.65. The smallest absolute Gasteiger partial charge is 0.264 e. The first-order valence-corrected chi connectivity index (χ1v) is 7.07. The van der Waals surface area contributed by atoms with Gasteiger partial charge in [0.25, 0.3) is 5.56 Å². The summed E-state index contributed by atoms with van der Waals surface area (Å²) in [5.74, 6) is 0. The Labute approximate surface area is 131 Å². The molecule has 0 atom stereocenters. The minimum atomic E-state index is -0.170. The van der Waals surface area contributed by atoms with E-state index in [1.807, 2.05) is 18.2 Å². The molecule has 0 amide bonds. The zero-order chi connectivity index (χ0) is 15.8. The molecule has 0 unspecified atom stereocenters. The molecule has 0 saturated carbocycles. The Kier molecular flexibility index (Phi) is 3.01. The Balaban J connectivity index is 2.01. The van der Waals surface area contributed by atoms with E-state index in [9.17, 15) is 4.79 Å². The van der Waals surface area contributed by atoms with Crippen LogP contribution in [-0.2, 0) is 7.05 Å². The van der Waals surface area contributed by atoms with Gasteiger partial charge in [-0.2, -0.15) is 0 Å². The monoisotopic (exact) mass is 304 g/mol. The standard InChI is InChI=1S/C17H12N4O2/c1-21-13(12-4-2-3-7-19-12)10-14-15(17(21)22)16(20-23-14)11-5-8-18-9-6-11/h2-10H,1H3. The first-order chi connectivity index (χ1) is 11.3. The molecule has 0 aliphatic heterocycles. The molecule has 0 bridgehead atoms. The molecule has 112 valence electrons. The van der Waals surface area contributed by atoms with Gasteiger partial charge in [0.2, 0.25) is 0 Å². The molecule has 0 radical (unpaired) electrons. The fraction of sp³-hybridized carbons (Fsp3) is 0.0588. The number of nitrogens with zero attached hydrogens (tertiary/aromatic N) is 4. The van der Waals surface area contributed by atoms with Crippen LogP contribution in [0.4, 0.5) is 0 Å². The Hall–Kier alpha value is -3.28. The molecule has 0 aliphatic carbocycles. The highest BCUT2D eigenvalue weighted by Crippen LogP contribution is 2.27. The molecule has 0 saturated heterocycles. The van der Waals surface area contributed by atoms with Crippen molar-refractivity contribution in [3.63, 3.8) is 0 Å². The molecule has 6 nitrogen and oxygen atoms in total. The average molecular weight is 304 g/mol. The lowest BCUT2D eigenvalue weighted by molar-refractivity contribution is 0.459. The summed E-state index contributed by atoms with van der Waals surface area (Å²) in [6.07, 6.45) is 5.00. The summed E-state index contributed by atoms with van der Waals surface area (Å²) in [5.41, 5.74) is 2.98. The number of rotatable bonds is 2. The highest BCUT2D eigenvalue weighted by molar-refractivity contribution is 5.92. The van der Waals surface area contributed by atoms with Crippen LogP contribution >= 0.6 is 0 Å². The third-order valence-electron chi connectivity index (χ3n) is 3.75. The third kappa shape index (κ3) is 2.12. The van der Waals surface area contributed by atoms with E-state index in [4.69, 9.17) is 4.52 Å². The van der Waals surface area contributed by atoms with Crippen molar-refractivity contribution in [2.24, 2.45) is 7.05 Å². The topological polar surface area (TPSA) is 73.8 Å². The summed E-state index contributed by atoms with van der Waals surface area (Å²) in [5, 5.41) is 4.52. The zero-order valence-electron chi connectivity index (χ0n) is 12.3. The lowest BCUT2D eigenvalue weighted by atomic mass is 10.1. The first kappa shape index (κ1) is 13.4. The Morgan fingerprint density at radius 3 is 2.65 bits per heavy atom. The molecule has 6 heteroatoms. The summed E-state index contributed by atoms with van der Waals surface area (Å²) in [7, 11) is 1.72. The van der Waals surface area contributed by atoms with E-state index in [2.05, 4.69) is 15.1 Å². The van der Waals surface area contributed by atoms with E-state index in [0.29, 0.717) is 28.1 Å². The quantitative estimate of drug-likeness (QED) is 0.569. The molecule has 0 fully saturated rings. The van der Waals surface area contributed by atoms with Crippen LogP contribution in [-0.4, -0.2) is 19.7 Å². The van der Waals surface area contributed by atoms with Gasteiger partial charge in [-0.3, -0.25) is 14.8 Å². The first-order valence-electron chi connectivity index (χ1n) is 7.07. The van der Waals surface area contributed by atoms with Crippen LogP contribution in [0.5, 0.6) is 0 Å². The van der Waals surface area contributed by atoms with E-state index in [0.717, 1.165) is 5.56 Å². The van der Waals surface area contributed by atoms with E-state index in [1.165, 1.54) is 0 Å². The van der Waals surface area contributed by atoms with Gasteiger partial charge in [0.05, 0.1) is 11.4 Å². The van der Waals surface area contributed by atoms with Crippen molar-refractivity contribution < 1.29 is 4.52 Å². The molecule has 23 heavy (non-hydrogen) atoms. The van der Waals surface area contributed by atoms with Crippen molar-refractivity contribution in [2.75, 3.05) is 0 Å². The molecule has 0 N–H and O–H groups in total. The van der Waals surface area contributed by atoms with Crippen molar-refractivity contribution in [3.05, 3.63) is 65.3 Å². The lowest BCUT2D eigenvalue weighted by Crippen LogP contribution is -2.18. The second-order valence-electron chi connectivity index (χ2n) is 5.12. The fourth-order valence-corrected chi connectivity index (χ4v) is 2.57. The second-order valence-corrected chi connectivity index (χ2v) is 5.12. The number of aromatic nitrogens is 4. The Morgan fingerprint density at radius 2 is 1.91 bits per heavy atom. The molecule has 0 aromatic carbocycles. The van der Waals surface area contributed by atoms with Crippen LogP contribution < -0.4 is 5.56 Å². The van der Waals surface area contributed by atoms with E-state index in [-0.39, 0.29) is 5.56 Å². The van der Waals surface area contributed by atoms with Gasteiger partial charge in [0.1, 0.15) is 11.1 Å². The highest BCUT2D eigenvalue weighted by Gasteiger charge is 2.18. The normalized spacial score (nSPS) is 11.0. The van der Waals surface area contributed by atoms with Gasteiger partial charge in [-0.1, -0.05) is 11.2 Å². The van der Waals surface area contributed by atoms with Crippen LogP contribution in [0.1, 0.15) is 0 Å². The molecule has 4 aromatic rings. The molecular formula is C17H12N4O2. The van der Waals surface area contributed by atoms with Gasteiger partial charge in [-0.15, -0.1) is 0 Å². The summed E-state index contributed by atoms with van der Waals surface area (Å²) < 4.78 is 6.95. The van der Waals surface area contributed by atoms with Crippen LogP contribution in [0.15, 0.2) is 64.3 Å². The fourth-order valence-electron chi connectivity index (χ4n) is 2.57. The van der Waals surface area contributed by atoms with Crippen molar-refractivity contribution in [1.29, 1.82) is 0 Å². The van der Waals surface area contributed by atoms with E-state index >= 15 is 0 Å². The van der Waals surface area contributed by atoms with Gasteiger partial charge in [0, 0.05) is 37.3 Å². The maximum absolute atomic E-state index is 12.8. The maximum atomic E-state index is 12.8. The van der Waals surface area contributed by atoms with Crippen LogP contribution in [0.2, 0.25) is 0 Å². The summed E-state index contributed by atoms with van der Waals surface area (Å²) >= 11 is 0. The zero-order valence-corrected chi connectivity index (χ0v) is 12.3. The minimum absolute atomic E-state index is 0.170.